The Hall–Kier alpha value is -2.15. The number of aromatic carboxylic acids is 1. The molecule has 1 aromatic carbocycles. The molecule has 6 rings (SSSR count). The molecule has 1 aliphatic carbocycles. The highest BCUT2D eigenvalue weighted by Crippen LogP contribution is 2.47. The summed E-state index contributed by atoms with van der Waals surface area (Å²) < 4.78 is 3.70. The number of carboxylic acids is 1. The van der Waals surface area contributed by atoms with Crippen LogP contribution in [0.25, 0.3) is 21.5 Å². The zero-order chi connectivity index (χ0) is 23.1. The molecule has 0 radical (unpaired) electrons. The second-order valence-corrected chi connectivity index (χ2v) is 11.4. The molecule has 3 aromatic rings. The minimum absolute atomic E-state index is 0.471. The number of thiophene rings is 1. The van der Waals surface area contributed by atoms with Crippen LogP contribution in [0.1, 0.15) is 71.7 Å². The van der Waals surface area contributed by atoms with Crippen LogP contribution in [-0.2, 0) is 13.1 Å². The van der Waals surface area contributed by atoms with E-state index >= 15 is 0 Å². The maximum Gasteiger partial charge on any atom is 0.345 e. The molecule has 0 bridgehead atoms. The topological polar surface area (TPSA) is 48.7 Å². The summed E-state index contributed by atoms with van der Waals surface area (Å²) in [5, 5.41) is 9.77. The van der Waals surface area contributed by atoms with Crippen molar-refractivity contribution in [3.63, 3.8) is 0 Å². The van der Waals surface area contributed by atoms with Gasteiger partial charge in [-0.3, -0.25) is 4.90 Å². The van der Waals surface area contributed by atoms with Crippen LogP contribution in [0, 0.1) is 0 Å². The van der Waals surface area contributed by atoms with E-state index in [1.165, 1.54) is 96.5 Å². The Bertz CT molecular complexity index is 1180. The van der Waals surface area contributed by atoms with E-state index in [2.05, 4.69) is 38.6 Å². The molecule has 0 amide bonds. The SMILES string of the molecule is O=C(O)c1cc2c(s1)c(C1CCCCC1)c1n2CCN(CCN2CCCC2)Cc2ccccc2-1. The van der Waals surface area contributed by atoms with Gasteiger partial charge in [-0.25, -0.2) is 4.79 Å². The average Bonchev–Trinajstić information content (AvgIpc) is 3.57. The molecular weight excluding hydrogens is 442 g/mol. The lowest BCUT2D eigenvalue weighted by Crippen LogP contribution is -2.36. The first-order chi connectivity index (χ1) is 16.7. The summed E-state index contributed by atoms with van der Waals surface area (Å²) in [6.07, 6.45) is 8.99. The van der Waals surface area contributed by atoms with Crippen molar-refractivity contribution in [2.24, 2.45) is 0 Å². The molecule has 2 aromatic heterocycles. The highest BCUT2D eigenvalue weighted by atomic mass is 32.1. The fourth-order valence-corrected chi connectivity index (χ4v) is 7.60. The third kappa shape index (κ3) is 4.10. The number of carboxylic acid groups (broad SMARTS) is 1. The minimum Gasteiger partial charge on any atom is -0.477 e. The van der Waals surface area contributed by atoms with Crippen LogP contribution in [0.5, 0.6) is 0 Å². The Labute approximate surface area is 206 Å². The van der Waals surface area contributed by atoms with E-state index in [1.807, 2.05) is 6.07 Å². The number of hydrogen-bond donors (Lipinski definition) is 1. The summed E-state index contributed by atoms with van der Waals surface area (Å²) in [5.41, 5.74) is 6.71. The van der Waals surface area contributed by atoms with Crippen LogP contribution < -0.4 is 0 Å². The number of benzene rings is 1. The molecule has 0 atom stereocenters. The molecule has 0 unspecified atom stereocenters. The second kappa shape index (κ2) is 9.48. The highest BCUT2D eigenvalue weighted by molar-refractivity contribution is 7.21. The van der Waals surface area contributed by atoms with Gasteiger partial charge in [-0.15, -0.1) is 11.3 Å². The smallest absolute Gasteiger partial charge is 0.345 e. The zero-order valence-corrected chi connectivity index (χ0v) is 20.8. The summed E-state index contributed by atoms with van der Waals surface area (Å²) in [7, 11) is 0. The van der Waals surface area contributed by atoms with Crippen molar-refractivity contribution in [2.75, 3.05) is 32.7 Å². The van der Waals surface area contributed by atoms with E-state index in [0.717, 1.165) is 38.2 Å². The average molecular weight is 478 g/mol. The van der Waals surface area contributed by atoms with E-state index in [-0.39, 0.29) is 0 Å². The number of nitrogens with zero attached hydrogens (tertiary/aromatic N) is 3. The van der Waals surface area contributed by atoms with Crippen molar-refractivity contribution in [1.82, 2.24) is 14.4 Å². The predicted molar refractivity (Wildman–Crippen MR) is 139 cm³/mol. The Morgan fingerprint density at radius 2 is 1.71 bits per heavy atom. The largest absolute Gasteiger partial charge is 0.477 e. The molecule has 2 fully saturated rings. The molecule has 1 saturated heterocycles. The van der Waals surface area contributed by atoms with Gasteiger partial charge in [0.15, 0.2) is 0 Å². The van der Waals surface area contributed by atoms with Crippen molar-refractivity contribution in [2.45, 2.75) is 64.0 Å². The minimum atomic E-state index is -0.802. The van der Waals surface area contributed by atoms with Gasteiger partial charge in [-0.05, 0) is 61.9 Å². The number of carbonyl (C=O) groups is 1. The number of rotatable bonds is 5. The van der Waals surface area contributed by atoms with Gasteiger partial charge in [0.2, 0.25) is 0 Å². The van der Waals surface area contributed by atoms with Crippen LogP contribution in [-0.4, -0.2) is 58.2 Å². The first-order valence-corrected chi connectivity index (χ1v) is 13.9. The lowest BCUT2D eigenvalue weighted by atomic mass is 9.82. The van der Waals surface area contributed by atoms with Gasteiger partial charge in [0.1, 0.15) is 4.88 Å². The van der Waals surface area contributed by atoms with Crippen molar-refractivity contribution >= 4 is 27.5 Å². The van der Waals surface area contributed by atoms with Crippen LogP contribution in [0.4, 0.5) is 0 Å². The van der Waals surface area contributed by atoms with E-state index in [0.29, 0.717) is 10.8 Å². The number of aromatic nitrogens is 1. The maximum absolute atomic E-state index is 11.9. The van der Waals surface area contributed by atoms with Crippen LogP contribution in [0.15, 0.2) is 30.3 Å². The molecule has 6 heteroatoms. The molecule has 4 heterocycles. The third-order valence-corrected chi connectivity index (χ3v) is 9.38. The van der Waals surface area contributed by atoms with Gasteiger partial charge < -0.3 is 14.6 Å². The first-order valence-electron chi connectivity index (χ1n) is 13.1. The molecule has 180 valence electrons. The summed E-state index contributed by atoms with van der Waals surface area (Å²) in [5.74, 6) is -0.268. The molecule has 3 aliphatic rings. The first kappa shape index (κ1) is 22.3. The van der Waals surface area contributed by atoms with Crippen LogP contribution in [0.3, 0.4) is 0 Å². The van der Waals surface area contributed by atoms with Crippen LogP contribution in [0.2, 0.25) is 0 Å². The predicted octanol–water partition coefficient (Wildman–Crippen LogP) is 6.03. The van der Waals surface area contributed by atoms with Crippen molar-refractivity contribution < 1.29 is 9.90 Å². The normalized spacial score (nSPS) is 20.2. The van der Waals surface area contributed by atoms with Gasteiger partial charge >= 0.3 is 5.97 Å². The second-order valence-electron chi connectivity index (χ2n) is 10.4. The molecule has 1 saturated carbocycles. The number of hydrogen-bond acceptors (Lipinski definition) is 4. The van der Waals surface area contributed by atoms with E-state index in [1.54, 1.807) is 0 Å². The van der Waals surface area contributed by atoms with Crippen molar-refractivity contribution in [3.8, 4) is 11.3 Å². The van der Waals surface area contributed by atoms with E-state index in [9.17, 15) is 9.90 Å². The summed E-state index contributed by atoms with van der Waals surface area (Å²) in [6, 6.07) is 10.9. The quantitative estimate of drug-likeness (QED) is 0.488. The Balaban J connectivity index is 1.44. The molecule has 34 heavy (non-hydrogen) atoms. The van der Waals surface area contributed by atoms with Gasteiger partial charge in [0.25, 0.3) is 0 Å². The molecule has 1 N–H and O–H groups in total. The molecule has 5 nitrogen and oxygen atoms in total. The highest BCUT2D eigenvalue weighted by Gasteiger charge is 2.31. The number of likely N-dealkylation sites (tertiary alicyclic amines) is 1. The molecule has 2 aliphatic heterocycles. The lowest BCUT2D eigenvalue weighted by molar-refractivity contribution is 0.0702. The van der Waals surface area contributed by atoms with Crippen molar-refractivity contribution in [3.05, 3.63) is 46.3 Å². The van der Waals surface area contributed by atoms with Gasteiger partial charge in [-0.2, -0.15) is 0 Å². The maximum atomic E-state index is 11.9. The van der Waals surface area contributed by atoms with Gasteiger partial charge in [0.05, 0.1) is 15.9 Å². The summed E-state index contributed by atoms with van der Waals surface area (Å²) >= 11 is 1.49. The number of fused-ring (bicyclic) bond motifs is 5. The fourth-order valence-electron chi connectivity index (χ4n) is 6.48. The monoisotopic (exact) mass is 477 g/mol. The standard InChI is InChI=1S/C28H35N3O2S/c32-28(33)24-18-23-27(34-24)25(20-8-2-1-3-9-20)26-22-11-5-4-10-21(22)19-30(16-17-31(23)26)15-14-29-12-6-7-13-29/h4-5,10-11,18,20H,1-3,6-9,12-17,19H2,(H,32,33). The van der Waals surface area contributed by atoms with Gasteiger partial charge in [-0.1, -0.05) is 43.5 Å². The Morgan fingerprint density at radius 1 is 0.941 bits per heavy atom. The van der Waals surface area contributed by atoms with Crippen LogP contribution >= 0.6 is 11.3 Å². The van der Waals surface area contributed by atoms with Crippen molar-refractivity contribution in [1.29, 1.82) is 0 Å². The van der Waals surface area contributed by atoms with E-state index in [4.69, 9.17) is 0 Å². The Morgan fingerprint density at radius 3 is 2.50 bits per heavy atom. The molecular formula is C28H35N3O2S. The fraction of sp³-hybridized carbons (Fsp3) is 0.536. The molecule has 0 spiro atoms. The summed E-state index contributed by atoms with van der Waals surface area (Å²) in [6.45, 7) is 7.63. The third-order valence-electron chi connectivity index (χ3n) is 8.23. The van der Waals surface area contributed by atoms with E-state index < -0.39 is 5.97 Å². The lowest BCUT2D eigenvalue weighted by Gasteiger charge is -2.30. The zero-order valence-electron chi connectivity index (χ0n) is 20.0. The Kier molecular flexibility index (Phi) is 6.22. The summed E-state index contributed by atoms with van der Waals surface area (Å²) in [4.78, 5) is 17.6. The van der Waals surface area contributed by atoms with Gasteiger partial charge in [0, 0.05) is 38.3 Å².